The van der Waals surface area contributed by atoms with Gasteiger partial charge in [-0.15, -0.1) is 11.3 Å². The van der Waals surface area contributed by atoms with Gasteiger partial charge in [0.1, 0.15) is 5.82 Å². The van der Waals surface area contributed by atoms with E-state index in [1.54, 1.807) is 23.5 Å². The fourth-order valence-electron chi connectivity index (χ4n) is 1.90. The van der Waals surface area contributed by atoms with Gasteiger partial charge in [0.15, 0.2) is 0 Å². The molecule has 2 amide bonds. The third-order valence-corrected chi connectivity index (χ3v) is 4.22. The van der Waals surface area contributed by atoms with Gasteiger partial charge in [0.05, 0.1) is 10.7 Å². The molecule has 0 atom stereocenters. The van der Waals surface area contributed by atoms with Crippen molar-refractivity contribution in [3.05, 3.63) is 51.7 Å². The van der Waals surface area contributed by atoms with E-state index in [1.165, 1.54) is 12.1 Å². The molecule has 1 aromatic carbocycles. The van der Waals surface area contributed by atoms with E-state index in [4.69, 9.17) is 0 Å². The highest BCUT2D eigenvalue weighted by molar-refractivity contribution is 7.09. The molecule has 0 fully saturated rings. The Labute approximate surface area is 140 Å². The first-order valence-electron chi connectivity index (χ1n) is 7.55. The summed E-state index contributed by atoms with van der Waals surface area (Å²) in [7, 11) is 0. The van der Waals surface area contributed by atoms with Crippen molar-refractivity contribution in [1.82, 2.24) is 15.6 Å². The van der Waals surface area contributed by atoms with E-state index in [2.05, 4.69) is 41.8 Å². The molecule has 1 aromatic heterocycles. The average molecular weight is 335 g/mol. The molecule has 0 aliphatic rings. The van der Waals surface area contributed by atoms with Crippen LogP contribution < -0.4 is 10.6 Å². The first-order valence-corrected chi connectivity index (χ1v) is 8.43. The van der Waals surface area contributed by atoms with Crippen molar-refractivity contribution in [2.24, 2.45) is 0 Å². The molecule has 0 saturated carbocycles. The van der Waals surface area contributed by atoms with Gasteiger partial charge in [0.2, 0.25) is 0 Å². The highest BCUT2D eigenvalue weighted by Gasteiger charge is 2.17. The number of halogens is 1. The summed E-state index contributed by atoms with van der Waals surface area (Å²) in [5.74, 6) is -0.281. The lowest BCUT2D eigenvalue weighted by Gasteiger charge is -2.14. The van der Waals surface area contributed by atoms with Crippen LogP contribution in [-0.2, 0) is 18.4 Å². The zero-order valence-electron chi connectivity index (χ0n) is 13.6. The maximum absolute atomic E-state index is 12.8. The van der Waals surface area contributed by atoms with E-state index >= 15 is 0 Å². The summed E-state index contributed by atoms with van der Waals surface area (Å²) in [5.41, 5.74) is 1.99. The lowest BCUT2D eigenvalue weighted by Crippen LogP contribution is -2.36. The lowest BCUT2D eigenvalue weighted by molar-refractivity contribution is 0.240. The fourth-order valence-corrected chi connectivity index (χ4v) is 2.93. The molecular weight excluding hydrogens is 313 g/mol. The Balaban J connectivity index is 1.70. The van der Waals surface area contributed by atoms with E-state index in [-0.39, 0.29) is 17.3 Å². The highest BCUT2D eigenvalue weighted by Crippen LogP contribution is 2.23. The quantitative estimate of drug-likeness (QED) is 0.877. The molecule has 0 bridgehead atoms. The Morgan fingerprint density at radius 2 is 1.91 bits per heavy atom. The standard InChI is InChI=1S/C17H22FN3OS/c1-17(2,3)14-11-23-15(21-14)8-9-19-16(22)20-10-12-4-6-13(18)7-5-12/h4-7,11H,8-10H2,1-3H3,(H2,19,20,22). The molecule has 0 aliphatic carbocycles. The molecule has 0 aliphatic heterocycles. The number of amides is 2. The van der Waals surface area contributed by atoms with E-state index in [1.807, 2.05) is 0 Å². The monoisotopic (exact) mass is 335 g/mol. The number of thiazole rings is 1. The number of urea groups is 1. The number of carbonyl (C=O) groups is 1. The van der Waals surface area contributed by atoms with Crippen LogP contribution in [0.4, 0.5) is 9.18 Å². The van der Waals surface area contributed by atoms with E-state index in [9.17, 15) is 9.18 Å². The molecule has 1 heterocycles. The molecule has 23 heavy (non-hydrogen) atoms. The molecule has 2 aromatic rings. The molecule has 124 valence electrons. The maximum Gasteiger partial charge on any atom is 0.315 e. The summed E-state index contributed by atoms with van der Waals surface area (Å²) in [4.78, 5) is 16.3. The summed E-state index contributed by atoms with van der Waals surface area (Å²) < 4.78 is 12.8. The molecule has 4 nitrogen and oxygen atoms in total. The third kappa shape index (κ3) is 5.63. The molecule has 6 heteroatoms. The van der Waals surface area contributed by atoms with Crippen LogP contribution in [0.2, 0.25) is 0 Å². The number of aromatic nitrogens is 1. The van der Waals surface area contributed by atoms with Gasteiger partial charge in [0, 0.05) is 30.3 Å². The van der Waals surface area contributed by atoms with Crippen LogP contribution in [0.3, 0.4) is 0 Å². The van der Waals surface area contributed by atoms with Crippen molar-refractivity contribution < 1.29 is 9.18 Å². The number of hydrogen-bond donors (Lipinski definition) is 2. The van der Waals surface area contributed by atoms with Crippen molar-refractivity contribution in [2.45, 2.75) is 39.2 Å². The van der Waals surface area contributed by atoms with Crippen LogP contribution >= 0.6 is 11.3 Å². The van der Waals surface area contributed by atoms with Gasteiger partial charge in [-0.1, -0.05) is 32.9 Å². The smallest absolute Gasteiger partial charge is 0.315 e. The van der Waals surface area contributed by atoms with Gasteiger partial charge in [-0.25, -0.2) is 14.2 Å². The average Bonchev–Trinajstić information content (AvgIpc) is 2.96. The Hall–Kier alpha value is -1.95. The number of rotatable bonds is 5. The largest absolute Gasteiger partial charge is 0.338 e. The van der Waals surface area contributed by atoms with E-state index in [0.717, 1.165) is 16.3 Å². The molecular formula is C17H22FN3OS. The van der Waals surface area contributed by atoms with Crippen LogP contribution in [0.15, 0.2) is 29.6 Å². The van der Waals surface area contributed by atoms with Crippen LogP contribution in [0.25, 0.3) is 0 Å². The van der Waals surface area contributed by atoms with Crippen molar-refractivity contribution in [1.29, 1.82) is 0 Å². The summed E-state index contributed by atoms with van der Waals surface area (Å²) in [6.07, 6.45) is 0.713. The van der Waals surface area contributed by atoms with Gasteiger partial charge in [0.25, 0.3) is 0 Å². The minimum Gasteiger partial charge on any atom is -0.338 e. The summed E-state index contributed by atoms with van der Waals surface area (Å²) in [6.45, 7) is 7.30. The zero-order chi connectivity index (χ0) is 16.9. The summed E-state index contributed by atoms with van der Waals surface area (Å²) in [6, 6.07) is 5.83. The number of nitrogens with one attached hydrogen (secondary N) is 2. The van der Waals surface area contributed by atoms with Crippen molar-refractivity contribution in [2.75, 3.05) is 6.54 Å². The SMILES string of the molecule is CC(C)(C)c1csc(CCNC(=O)NCc2ccc(F)cc2)n1. The van der Waals surface area contributed by atoms with Crippen LogP contribution in [0.5, 0.6) is 0 Å². The minimum atomic E-state index is -0.281. The first-order chi connectivity index (χ1) is 10.8. The second-order valence-electron chi connectivity index (χ2n) is 6.36. The van der Waals surface area contributed by atoms with Crippen molar-refractivity contribution in [3.63, 3.8) is 0 Å². The molecule has 0 unspecified atom stereocenters. The number of benzene rings is 1. The van der Waals surface area contributed by atoms with Crippen LogP contribution in [0.1, 0.15) is 37.0 Å². The number of nitrogens with zero attached hydrogens (tertiary/aromatic N) is 1. The van der Waals surface area contributed by atoms with Gasteiger partial charge in [-0.3, -0.25) is 0 Å². The van der Waals surface area contributed by atoms with Gasteiger partial charge in [-0.05, 0) is 17.7 Å². The van der Waals surface area contributed by atoms with Gasteiger partial charge >= 0.3 is 6.03 Å². The van der Waals surface area contributed by atoms with Crippen molar-refractivity contribution in [3.8, 4) is 0 Å². The van der Waals surface area contributed by atoms with Gasteiger partial charge < -0.3 is 10.6 Å². The van der Waals surface area contributed by atoms with Crippen LogP contribution in [0, 0.1) is 5.82 Å². The molecule has 0 spiro atoms. The van der Waals surface area contributed by atoms with Crippen molar-refractivity contribution >= 4 is 17.4 Å². The Morgan fingerprint density at radius 3 is 2.52 bits per heavy atom. The minimum absolute atomic E-state index is 0.0503. The third-order valence-electron chi connectivity index (χ3n) is 3.31. The summed E-state index contributed by atoms with van der Waals surface area (Å²) in [5, 5.41) is 8.64. The lowest BCUT2D eigenvalue weighted by atomic mass is 9.93. The number of hydrogen-bond acceptors (Lipinski definition) is 3. The second kappa shape index (κ2) is 7.55. The van der Waals surface area contributed by atoms with E-state index < -0.39 is 0 Å². The predicted octanol–water partition coefficient (Wildman–Crippen LogP) is 3.62. The highest BCUT2D eigenvalue weighted by atomic mass is 32.1. The second-order valence-corrected chi connectivity index (χ2v) is 7.31. The van der Waals surface area contributed by atoms with Crippen LogP contribution in [-0.4, -0.2) is 17.6 Å². The zero-order valence-corrected chi connectivity index (χ0v) is 14.5. The van der Waals surface area contributed by atoms with Gasteiger partial charge in [-0.2, -0.15) is 0 Å². The maximum atomic E-state index is 12.8. The predicted molar refractivity (Wildman–Crippen MR) is 91.2 cm³/mol. The first kappa shape index (κ1) is 17.4. The molecule has 0 radical (unpaired) electrons. The summed E-state index contributed by atoms with van der Waals surface area (Å²) >= 11 is 1.62. The Morgan fingerprint density at radius 1 is 1.22 bits per heavy atom. The van der Waals surface area contributed by atoms with E-state index in [0.29, 0.717) is 19.5 Å². The molecule has 0 saturated heterocycles. The Kier molecular flexibility index (Phi) is 5.71. The topological polar surface area (TPSA) is 54.0 Å². The molecule has 2 rings (SSSR count). The Bertz CT molecular complexity index is 647. The number of carbonyl (C=O) groups excluding carboxylic acids is 1. The normalized spacial score (nSPS) is 11.3. The fraction of sp³-hybridized carbons (Fsp3) is 0.412. The molecule has 2 N–H and O–H groups in total.